The SMILES string of the molecule is CCCOc1ccc(C(=O)O)cc1NC(=O)c1ccc(F)cc1. The summed E-state index contributed by atoms with van der Waals surface area (Å²) in [6.45, 7) is 2.37. The summed E-state index contributed by atoms with van der Waals surface area (Å²) in [5, 5.41) is 11.7. The number of halogens is 1. The van der Waals surface area contributed by atoms with Crippen LogP contribution < -0.4 is 10.1 Å². The molecule has 5 nitrogen and oxygen atoms in total. The Morgan fingerprint density at radius 1 is 1.13 bits per heavy atom. The van der Waals surface area contributed by atoms with Crippen LogP contribution in [0.3, 0.4) is 0 Å². The second-order valence-corrected chi connectivity index (χ2v) is 4.83. The molecule has 0 spiro atoms. The van der Waals surface area contributed by atoms with Crippen molar-refractivity contribution < 1.29 is 23.8 Å². The molecule has 1 amide bonds. The number of rotatable bonds is 6. The lowest BCUT2D eigenvalue weighted by atomic mass is 10.1. The maximum absolute atomic E-state index is 12.9. The van der Waals surface area contributed by atoms with Gasteiger partial charge in [0.15, 0.2) is 0 Å². The van der Waals surface area contributed by atoms with Crippen molar-refractivity contribution in [3.63, 3.8) is 0 Å². The lowest BCUT2D eigenvalue weighted by Gasteiger charge is -2.13. The number of benzene rings is 2. The first-order valence-electron chi connectivity index (χ1n) is 7.08. The van der Waals surface area contributed by atoms with Gasteiger partial charge in [-0.2, -0.15) is 0 Å². The molecule has 6 heteroatoms. The summed E-state index contributed by atoms with van der Waals surface area (Å²) < 4.78 is 18.4. The minimum absolute atomic E-state index is 0.0308. The Balaban J connectivity index is 2.27. The first-order chi connectivity index (χ1) is 11.0. The van der Waals surface area contributed by atoms with Gasteiger partial charge >= 0.3 is 5.97 Å². The number of carbonyl (C=O) groups excluding carboxylic acids is 1. The maximum atomic E-state index is 12.9. The number of carbonyl (C=O) groups is 2. The van der Waals surface area contributed by atoms with Gasteiger partial charge in [-0.25, -0.2) is 9.18 Å². The number of nitrogens with one attached hydrogen (secondary N) is 1. The van der Waals surface area contributed by atoms with E-state index in [2.05, 4.69) is 5.32 Å². The Hall–Kier alpha value is -2.89. The standard InChI is InChI=1S/C17H16FNO4/c1-2-9-23-15-8-5-12(17(21)22)10-14(15)19-16(20)11-3-6-13(18)7-4-11/h3-8,10H,2,9H2,1H3,(H,19,20)(H,21,22). The van der Waals surface area contributed by atoms with Crippen molar-refractivity contribution in [2.45, 2.75) is 13.3 Å². The van der Waals surface area contributed by atoms with Crippen LogP contribution in [0.5, 0.6) is 5.75 Å². The molecule has 2 aromatic rings. The minimum Gasteiger partial charge on any atom is -0.491 e. The highest BCUT2D eigenvalue weighted by Gasteiger charge is 2.13. The lowest BCUT2D eigenvalue weighted by molar-refractivity contribution is 0.0696. The molecule has 0 saturated carbocycles. The number of carboxylic acid groups (broad SMARTS) is 1. The van der Waals surface area contributed by atoms with Gasteiger partial charge in [0, 0.05) is 5.56 Å². The van der Waals surface area contributed by atoms with Gasteiger partial charge in [-0.15, -0.1) is 0 Å². The van der Waals surface area contributed by atoms with E-state index in [9.17, 15) is 14.0 Å². The largest absolute Gasteiger partial charge is 0.491 e. The molecule has 0 unspecified atom stereocenters. The molecule has 0 heterocycles. The van der Waals surface area contributed by atoms with E-state index in [0.717, 1.165) is 6.42 Å². The third-order valence-corrected chi connectivity index (χ3v) is 3.04. The zero-order chi connectivity index (χ0) is 16.8. The molecular weight excluding hydrogens is 301 g/mol. The number of hydrogen-bond acceptors (Lipinski definition) is 3. The van der Waals surface area contributed by atoms with Crippen molar-refractivity contribution in [2.24, 2.45) is 0 Å². The Morgan fingerprint density at radius 3 is 2.39 bits per heavy atom. The number of amides is 1. The average molecular weight is 317 g/mol. The van der Waals surface area contributed by atoms with E-state index in [1.54, 1.807) is 0 Å². The summed E-state index contributed by atoms with van der Waals surface area (Å²) in [5.41, 5.74) is 0.546. The van der Waals surface area contributed by atoms with E-state index < -0.39 is 17.7 Å². The molecule has 0 radical (unpaired) electrons. The molecule has 0 saturated heterocycles. The van der Waals surface area contributed by atoms with Gasteiger partial charge in [0.05, 0.1) is 17.9 Å². The predicted octanol–water partition coefficient (Wildman–Crippen LogP) is 3.57. The van der Waals surface area contributed by atoms with Crippen LogP contribution in [-0.4, -0.2) is 23.6 Å². The smallest absolute Gasteiger partial charge is 0.335 e. The molecule has 0 aliphatic carbocycles. The molecule has 0 aliphatic heterocycles. The molecule has 120 valence electrons. The Kier molecular flexibility index (Phi) is 5.30. The molecule has 0 aromatic heterocycles. The number of anilines is 1. The predicted molar refractivity (Wildman–Crippen MR) is 83.5 cm³/mol. The van der Waals surface area contributed by atoms with Gasteiger partial charge in [0.2, 0.25) is 0 Å². The van der Waals surface area contributed by atoms with Crippen molar-refractivity contribution in [1.29, 1.82) is 0 Å². The second-order valence-electron chi connectivity index (χ2n) is 4.83. The van der Waals surface area contributed by atoms with E-state index in [4.69, 9.17) is 9.84 Å². The van der Waals surface area contributed by atoms with Crippen molar-refractivity contribution in [2.75, 3.05) is 11.9 Å². The zero-order valence-electron chi connectivity index (χ0n) is 12.5. The quantitative estimate of drug-likeness (QED) is 0.854. The average Bonchev–Trinajstić information content (AvgIpc) is 2.54. The molecule has 0 fully saturated rings. The van der Waals surface area contributed by atoms with E-state index in [0.29, 0.717) is 12.4 Å². The minimum atomic E-state index is -1.11. The van der Waals surface area contributed by atoms with Gasteiger partial charge in [0.1, 0.15) is 11.6 Å². The molecule has 0 bridgehead atoms. The second kappa shape index (κ2) is 7.40. The van der Waals surface area contributed by atoms with Gasteiger partial charge < -0.3 is 15.2 Å². The molecule has 2 N–H and O–H groups in total. The molecule has 23 heavy (non-hydrogen) atoms. The summed E-state index contributed by atoms with van der Waals surface area (Å²) in [5.74, 6) is -1.65. The van der Waals surface area contributed by atoms with Crippen LogP contribution in [0.15, 0.2) is 42.5 Å². The van der Waals surface area contributed by atoms with Gasteiger partial charge in [-0.05, 0) is 48.9 Å². The van der Waals surface area contributed by atoms with Crippen molar-refractivity contribution in [1.82, 2.24) is 0 Å². The van der Waals surface area contributed by atoms with E-state index in [1.807, 2.05) is 6.92 Å². The summed E-state index contributed by atoms with van der Waals surface area (Å²) >= 11 is 0. The summed E-state index contributed by atoms with van der Waals surface area (Å²) in [4.78, 5) is 23.3. The van der Waals surface area contributed by atoms with E-state index >= 15 is 0 Å². The van der Waals surface area contributed by atoms with E-state index in [-0.39, 0.29) is 16.8 Å². The van der Waals surface area contributed by atoms with Gasteiger partial charge in [0.25, 0.3) is 5.91 Å². The van der Waals surface area contributed by atoms with Crippen LogP contribution in [0, 0.1) is 5.82 Å². The first-order valence-corrected chi connectivity index (χ1v) is 7.08. The van der Waals surface area contributed by atoms with Crippen molar-refractivity contribution >= 4 is 17.6 Å². The maximum Gasteiger partial charge on any atom is 0.335 e. The van der Waals surface area contributed by atoms with Crippen LogP contribution in [-0.2, 0) is 0 Å². The summed E-state index contributed by atoms with van der Waals surface area (Å²) in [7, 11) is 0. The monoisotopic (exact) mass is 317 g/mol. The Bertz CT molecular complexity index is 713. The highest BCUT2D eigenvalue weighted by atomic mass is 19.1. The van der Waals surface area contributed by atoms with Gasteiger partial charge in [-0.1, -0.05) is 6.92 Å². The molecule has 2 aromatic carbocycles. The van der Waals surface area contributed by atoms with Crippen LogP contribution in [0.25, 0.3) is 0 Å². The fraction of sp³-hybridized carbons (Fsp3) is 0.176. The molecular formula is C17H16FNO4. The van der Waals surface area contributed by atoms with Gasteiger partial charge in [-0.3, -0.25) is 4.79 Å². The van der Waals surface area contributed by atoms with Crippen molar-refractivity contribution in [3.05, 3.63) is 59.4 Å². The lowest BCUT2D eigenvalue weighted by Crippen LogP contribution is -2.14. The molecule has 0 aliphatic rings. The van der Waals surface area contributed by atoms with Crippen LogP contribution in [0.2, 0.25) is 0 Å². The molecule has 2 rings (SSSR count). The topological polar surface area (TPSA) is 75.6 Å². The first kappa shape index (κ1) is 16.5. The third-order valence-electron chi connectivity index (χ3n) is 3.04. The normalized spacial score (nSPS) is 10.2. The zero-order valence-corrected chi connectivity index (χ0v) is 12.5. The van der Waals surface area contributed by atoms with Crippen LogP contribution >= 0.6 is 0 Å². The summed E-state index contributed by atoms with van der Waals surface area (Å²) in [6, 6.07) is 9.28. The van der Waals surface area contributed by atoms with Crippen LogP contribution in [0.1, 0.15) is 34.1 Å². The number of ether oxygens (including phenoxy) is 1. The number of hydrogen-bond donors (Lipinski definition) is 2. The van der Waals surface area contributed by atoms with E-state index in [1.165, 1.54) is 42.5 Å². The third kappa shape index (κ3) is 4.29. The fourth-order valence-electron chi connectivity index (χ4n) is 1.89. The summed E-state index contributed by atoms with van der Waals surface area (Å²) in [6.07, 6.45) is 0.770. The fourth-order valence-corrected chi connectivity index (χ4v) is 1.89. The molecule has 0 atom stereocenters. The Labute approximate surface area is 132 Å². The highest BCUT2D eigenvalue weighted by Crippen LogP contribution is 2.27. The number of carboxylic acids is 1. The van der Waals surface area contributed by atoms with Crippen molar-refractivity contribution in [3.8, 4) is 5.75 Å². The highest BCUT2D eigenvalue weighted by molar-refractivity contribution is 6.05. The number of aromatic carboxylic acids is 1. The Morgan fingerprint density at radius 2 is 1.78 bits per heavy atom. The van der Waals surface area contributed by atoms with Crippen LogP contribution in [0.4, 0.5) is 10.1 Å².